The molecule has 1 aromatic rings. The molecule has 0 aromatic heterocycles. The summed E-state index contributed by atoms with van der Waals surface area (Å²) < 4.78 is 63.0. The van der Waals surface area contributed by atoms with E-state index >= 15 is 0 Å². The maximum Gasteiger partial charge on any atom is 0.416 e. The lowest BCUT2D eigenvalue weighted by atomic mass is 10.2. The summed E-state index contributed by atoms with van der Waals surface area (Å²) in [4.78, 5) is -0.481. The van der Waals surface area contributed by atoms with Crippen LogP contribution >= 0.6 is 0 Å². The second-order valence-corrected chi connectivity index (χ2v) is 5.71. The Hall–Kier alpha value is -1.12. The Bertz CT molecular complexity index is 528. The highest BCUT2D eigenvalue weighted by molar-refractivity contribution is 7.89. The number of nitrogens with one attached hydrogen (secondary N) is 1. The Morgan fingerprint density at radius 1 is 1.37 bits per heavy atom. The van der Waals surface area contributed by atoms with Gasteiger partial charge in [-0.15, -0.1) is 0 Å². The summed E-state index contributed by atoms with van der Waals surface area (Å²) in [6.07, 6.45) is -5.14. The number of hydrogen-bond acceptors (Lipinski definition) is 3. The van der Waals surface area contributed by atoms with Gasteiger partial charge in [-0.25, -0.2) is 13.1 Å². The molecule has 1 aromatic carbocycles. The van der Waals surface area contributed by atoms with E-state index < -0.39 is 32.8 Å². The van der Waals surface area contributed by atoms with Crippen LogP contribution in [-0.4, -0.2) is 26.2 Å². The van der Waals surface area contributed by atoms with Crippen molar-refractivity contribution in [3.8, 4) is 0 Å². The summed E-state index contributed by atoms with van der Waals surface area (Å²) in [5, 5.41) is 9.25. The van der Waals surface area contributed by atoms with Gasteiger partial charge in [0.2, 0.25) is 10.0 Å². The molecule has 0 saturated carbocycles. The third-order valence-electron chi connectivity index (χ3n) is 2.45. The fourth-order valence-electron chi connectivity index (χ4n) is 1.27. The summed E-state index contributed by atoms with van der Waals surface area (Å²) in [5.41, 5.74) is -1.04. The van der Waals surface area contributed by atoms with E-state index in [1.165, 1.54) is 0 Å². The van der Waals surface area contributed by atoms with Gasteiger partial charge in [0, 0.05) is 6.54 Å². The number of rotatable bonds is 5. The maximum absolute atomic E-state index is 12.5. The first-order chi connectivity index (χ1) is 8.66. The number of sulfonamides is 1. The zero-order chi connectivity index (χ0) is 14.7. The van der Waals surface area contributed by atoms with Crippen molar-refractivity contribution in [3.63, 3.8) is 0 Å². The van der Waals surface area contributed by atoms with Crippen molar-refractivity contribution in [1.82, 2.24) is 4.72 Å². The van der Waals surface area contributed by atoms with Crippen LogP contribution in [-0.2, 0) is 16.2 Å². The second-order valence-electron chi connectivity index (χ2n) is 3.94. The molecule has 0 bridgehead atoms. The molecule has 1 rings (SSSR count). The Balaban J connectivity index is 2.96. The van der Waals surface area contributed by atoms with Crippen LogP contribution in [0.4, 0.5) is 13.2 Å². The van der Waals surface area contributed by atoms with Gasteiger partial charge in [0.1, 0.15) is 0 Å². The molecule has 4 nitrogen and oxygen atoms in total. The van der Waals surface area contributed by atoms with Crippen LogP contribution in [0.5, 0.6) is 0 Å². The predicted molar refractivity (Wildman–Crippen MR) is 62.9 cm³/mol. The quantitative estimate of drug-likeness (QED) is 0.870. The number of halogens is 3. The van der Waals surface area contributed by atoms with E-state index in [2.05, 4.69) is 4.72 Å². The lowest BCUT2D eigenvalue weighted by molar-refractivity contribution is -0.137. The topological polar surface area (TPSA) is 66.4 Å². The molecule has 0 aliphatic rings. The smallest absolute Gasteiger partial charge is 0.392 e. The van der Waals surface area contributed by atoms with Crippen molar-refractivity contribution in [2.24, 2.45) is 0 Å². The van der Waals surface area contributed by atoms with E-state index in [1.54, 1.807) is 6.92 Å². The van der Waals surface area contributed by atoms with Crippen LogP contribution in [0.2, 0.25) is 0 Å². The van der Waals surface area contributed by atoms with Crippen molar-refractivity contribution in [1.29, 1.82) is 0 Å². The summed E-state index contributed by atoms with van der Waals surface area (Å²) in [5.74, 6) is 0. The molecule has 19 heavy (non-hydrogen) atoms. The zero-order valence-corrected chi connectivity index (χ0v) is 10.9. The van der Waals surface area contributed by atoms with Gasteiger partial charge in [0.05, 0.1) is 16.6 Å². The molecule has 1 unspecified atom stereocenters. The van der Waals surface area contributed by atoms with Gasteiger partial charge in [0.15, 0.2) is 0 Å². The van der Waals surface area contributed by atoms with Gasteiger partial charge in [0.25, 0.3) is 0 Å². The minimum atomic E-state index is -4.60. The standard InChI is InChI=1S/C11H14F3NO3S/c1-2-9(16)7-15-19(17,18)10-5-3-4-8(6-10)11(12,13)14/h3-6,9,15-16H,2,7H2,1H3. The van der Waals surface area contributed by atoms with Crippen LogP contribution in [0, 0.1) is 0 Å². The average molecular weight is 297 g/mol. The van der Waals surface area contributed by atoms with Crippen molar-refractivity contribution in [2.45, 2.75) is 30.5 Å². The van der Waals surface area contributed by atoms with Crippen LogP contribution in [0.3, 0.4) is 0 Å². The number of aliphatic hydroxyl groups is 1. The first-order valence-corrected chi connectivity index (χ1v) is 7.00. The molecule has 2 N–H and O–H groups in total. The van der Waals surface area contributed by atoms with Gasteiger partial charge >= 0.3 is 6.18 Å². The molecular formula is C11H14F3NO3S. The summed E-state index contributed by atoms with van der Waals surface area (Å²) in [6, 6.07) is 3.43. The van der Waals surface area contributed by atoms with E-state index in [0.717, 1.165) is 18.2 Å². The van der Waals surface area contributed by atoms with E-state index in [-0.39, 0.29) is 6.54 Å². The molecule has 0 saturated heterocycles. The van der Waals surface area contributed by atoms with Crippen LogP contribution < -0.4 is 4.72 Å². The molecule has 0 amide bonds. The van der Waals surface area contributed by atoms with Crippen LogP contribution in [0.1, 0.15) is 18.9 Å². The first kappa shape index (κ1) is 15.9. The monoisotopic (exact) mass is 297 g/mol. The Morgan fingerprint density at radius 2 is 2.00 bits per heavy atom. The van der Waals surface area contributed by atoms with Gasteiger partial charge in [-0.05, 0) is 24.6 Å². The molecule has 0 spiro atoms. The summed E-state index contributed by atoms with van der Waals surface area (Å²) in [7, 11) is -4.06. The highest BCUT2D eigenvalue weighted by atomic mass is 32.2. The van der Waals surface area contributed by atoms with Crippen LogP contribution in [0.15, 0.2) is 29.2 Å². The summed E-state index contributed by atoms with van der Waals surface area (Å²) in [6.45, 7) is 1.41. The average Bonchev–Trinajstić information content (AvgIpc) is 2.35. The molecular weight excluding hydrogens is 283 g/mol. The molecule has 108 valence electrons. The van der Waals surface area contributed by atoms with Gasteiger partial charge in [-0.3, -0.25) is 0 Å². The zero-order valence-electron chi connectivity index (χ0n) is 10.1. The highest BCUT2D eigenvalue weighted by Gasteiger charge is 2.31. The molecule has 0 fully saturated rings. The van der Waals surface area contributed by atoms with Crippen LogP contribution in [0.25, 0.3) is 0 Å². The Labute approximate surface area is 109 Å². The van der Waals surface area contributed by atoms with E-state index in [1.807, 2.05) is 0 Å². The molecule has 8 heteroatoms. The number of alkyl halides is 3. The normalized spacial score (nSPS) is 14.4. The number of hydrogen-bond donors (Lipinski definition) is 2. The third-order valence-corrected chi connectivity index (χ3v) is 3.87. The third kappa shape index (κ3) is 4.48. The minimum Gasteiger partial charge on any atom is -0.392 e. The molecule has 0 radical (unpaired) electrons. The molecule has 0 aliphatic heterocycles. The number of benzene rings is 1. The minimum absolute atomic E-state index is 0.241. The lowest BCUT2D eigenvalue weighted by Gasteiger charge is -2.12. The maximum atomic E-state index is 12.5. The van der Waals surface area contributed by atoms with Crippen molar-refractivity contribution < 1.29 is 26.7 Å². The predicted octanol–water partition coefficient (Wildman–Crippen LogP) is 1.75. The van der Waals surface area contributed by atoms with E-state index in [0.29, 0.717) is 12.5 Å². The largest absolute Gasteiger partial charge is 0.416 e. The fourth-order valence-corrected chi connectivity index (χ4v) is 2.39. The van der Waals surface area contributed by atoms with Crippen molar-refractivity contribution in [2.75, 3.05) is 6.54 Å². The summed E-state index contributed by atoms with van der Waals surface area (Å²) >= 11 is 0. The number of aliphatic hydroxyl groups excluding tert-OH is 1. The van der Waals surface area contributed by atoms with Crippen molar-refractivity contribution >= 4 is 10.0 Å². The van der Waals surface area contributed by atoms with Gasteiger partial charge < -0.3 is 5.11 Å². The molecule has 0 aliphatic carbocycles. The highest BCUT2D eigenvalue weighted by Crippen LogP contribution is 2.30. The Morgan fingerprint density at radius 3 is 2.53 bits per heavy atom. The van der Waals surface area contributed by atoms with Gasteiger partial charge in [-0.1, -0.05) is 13.0 Å². The van der Waals surface area contributed by atoms with Gasteiger partial charge in [-0.2, -0.15) is 13.2 Å². The SMILES string of the molecule is CCC(O)CNS(=O)(=O)c1cccc(C(F)(F)F)c1. The molecule has 0 heterocycles. The molecule has 1 atom stereocenters. The fraction of sp³-hybridized carbons (Fsp3) is 0.455. The van der Waals surface area contributed by atoms with Crippen molar-refractivity contribution in [3.05, 3.63) is 29.8 Å². The lowest BCUT2D eigenvalue weighted by Crippen LogP contribution is -2.31. The first-order valence-electron chi connectivity index (χ1n) is 5.52. The Kier molecular flexibility index (Phi) is 4.94. The second kappa shape index (κ2) is 5.89. The van der Waals surface area contributed by atoms with E-state index in [9.17, 15) is 26.7 Å². The van der Waals surface area contributed by atoms with E-state index in [4.69, 9.17) is 0 Å².